The molecule has 0 aliphatic carbocycles. The maximum Gasteiger partial charge on any atom is 0.242 e. The fourth-order valence-corrected chi connectivity index (χ4v) is 2.08. The molecule has 0 aliphatic heterocycles. The quantitative estimate of drug-likeness (QED) is 0.852. The Morgan fingerprint density at radius 2 is 2.33 bits per heavy atom. The van der Waals surface area contributed by atoms with Crippen LogP contribution in [0.4, 0.5) is 5.00 Å². The van der Waals surface area contributed by atoms with E-state index in [2.05, 4.69) is 9.69 Å². The van der Waals surface area contributed by atoms with Crippen LogP contribution in [0.5, 0.6) is 0 Å². The predicted molar refractivity (Wildman–Crippen MR) is 63.2 cm³/mol. The fraction of sp³-hybridized carbons (Fsp3) is 0.600. The Morgan fingerprint density at radius 3 is 2.73 bits per heavy atom. The second kappa shape index (κ2) is 5.23. The van der Waals surface area contributed by atoms with Crippen LogP contribution in [0.3, 0.4) is 0 Å². The van der Waals surface area contributed by atoms with E-state index in [4.69, 9.17) is 0 Å². The Hall–Kier alpha value is -0.940. The topological polar surface area (TPSA) is 45.2 Å². The van der Waals surface area contributed by atoms with Gasteiger partial charge in [0, 0.05) is 0 Å². The number of nitrogens with one attached hydrogen (secondary N) is 1. The molecule has 1 aromatic rings. The standard InChI is InChI=1S/C10H17N3OS/c1-5-8(13(3)4)10(14)11-9-6-7(2)12-15-9/h6,8H,5H2,1-4H3,(H,11,14). The number of aryl methyl sites for hydroxylation is 1. The van der Waals surface area contributed by atoms with E-state index in [9.17, 15) is 4.79 Å². The van der Waals surface area contributed by atoms with E-state index in [1.54, 1.807) is 0 Å². The van der Waals surface area contributed by atoms with Crippen LogP contribution in [0.25, 0.3) is 0 Å². The average Bonchev–Trinajstić information content (AvgIpc) is 2.51. The van der Waals surface area contributed by atoms with Gasteiger partial charge >= 0.3 is 0 Å². The molecule has 0 saturated carbocycles. The number of rotatable bonds is 4. The van der Waals surface area contributed by atoms with Gasteiger partial charge in [0.15, 0.2) is 0 Å². The van der Waals surface area contributed by atoms with Crippen LogP contribution >= 0.6 is 11.5 Å². The van der Waals surface area contributed by atoms with E-state index in [1.165, 1.54) is 11.5 Å². The Morgan fingerprint density at radius 1 is 1.67 bits per heavy atom. The van der Waals surface area contributed by atoms with Crippen molar-refractivity contribution in [3.63, 3.8) is 0 Å². The number of carbonyl (C=O) groups is 1. The number of likely N-dealkylation sites (N-methyl/N-ethyl adjacent to an activating group) is 1. The lowest BCUT2D eigenvalue weighted by atomic mass is 10.2. The third-order valence-electron chi connectivity index (χ3n) is 2.19. The van der Waals surface area contributed by atoms with Gasteiger partial charge in [0.1, 0.15) is 5.00 Å². The normalized spacial score (nSPS) is 12.9. The third kappa shape index (κ3) is 3.28. The molecule has 0 fully saturated rings. The van der Waals surface area contributed by atoms with Gasteiger partial charge in [0.25, 0.3) is 0 Å². The zero-order valence-electron chi connectivity index (χ0n) is 9.57. The predicted octanol–water partition coefficient (Wildman–Crippen LogP) is 1.73. The molecule has 84 valence electrons. The van der Waals surface area contributed by atoms with Crippen LogP contribution < -0.4 is 5.32 Å². The van der Waals surface area contributed by atoms with E-state index in [0.29, 0.717) is 0 Å². The Labute approximate surface area is 94.5 Å². The lowest BCUT2D eigenvalue weighted by Crippen LogP contribution is -2.38. The van der Waals surface area contributed by atoms with Gasteiger partial charge in [-0.3, -0.25) is 9.69 Å². The fourth-order valence-electron chi connectivity index (χ4n) is 1.41. The minimum Gasteiger partial charge on any atom is -0.315 e. The largest absolute Gasteiger partial charge is 0.315 e. The summed E-state index contributed by atoms with van der Waals surface area (Å²) in [6.07, 6.45) is 0.802. The third-order valence-corrected chi connectivity index (χ3v) is 2.98. The van der Waals surface area contributed by atoms with E-state index in [1.807, 2.05) is 38.9 Å². The first-order valence-electron chi connectivity index (χ1n) is 4.95. The molecule has 15 heavy (non-hydrogen) atoms. The zero-order chi connectivity index (χ0) is 11.4. The maximum atomic E-state index is 11.8. The number of amides is 1. The average molecular weight is 227 g/mol. The summed E-state index contributed by atoms with van der Waals surface area (Å²) >= 11 is 1.32. The highest BCUT2D eigenvalue weighted by Gasteiger charge is 2.18. The Balaban J connectivity index is 2.62. The molecular formula is C10H17N3OS. The summed E-state index contributed by atoms with van der Waals surface area (Å²) in [4.78, 5) is 13.7. The number of anilines is 1. The van der Waals surface area contributed by atoms with Crippen LogP contribution in [0.1, 0.15) is 19.0 Å². The molecule has 1 rings (SSSR count). The van der Waals surface area contributed by atoms with E-state index < -0.39 is 0 Å². The lowest BCUT2D eigenvalue weighted by molar-refractivity contribution is -0.120. The van der Waals surface area contributed by atoms with Gasteiger partial charge in [-0.2, -0.15) is 4.37 Å². The minimum atomic E-state index is -0.0765. The van der Waals surface area contributed by atoms with Gasteiger partial charge < -0.3 is 5.32 Å². The van der Waals surface area contributed by atoms with Gasteiger partial charge in [-0.1, -0.05) is 6.92 Å². The lowest BCUT2D eigenvalue weighted by Gasteiger charge is -2.21. The first-order valence-corrected chi connectivity index (χ1v) is 5.72. The molecule has 1 aromatic heterocycles. The number of hydrogen-bond acceptors (Lipinski definition) is 4. The molecule has 1 unspecified atom stereocenters. The molecule has 1 atom stereocenters. The SMILES string of the molecule is CCC(C(=O)Nc1cc(C)ns1)N(C)C. The number of carbonyl (C=O) groups excluding carboxylic acids is 1. The summed E-state index contributed by atoms with van der Waals surface area (Å²) in [5.41, 5.74) is 0.938. The van der Waals surface area contributed by atoms with Crippen molar-refractivity contribution in [2.75, 3.05) is 19.4 Å². The molecular weight excluding hydrogens is 210 g/mol. The molecule has 0 bridgehead atoms. The van der Waals surface area contributed by atoms with Crippen molar-refractivity contribution in [3.05, 3.63) is 11.8 Å². The molecule has 4 nitrogen and oxygen atoms in total. The second-order valence-corrected chi connectivity index (χ2v) is 4.51. The van der Waals surface area contributed by atoms with E-state index >= 15 is 0 Å². The zero-order valence-corrected chi connectivity index (χ0v) is 10.4. The van der Waals surface area contributed by atoms with Crippen molar-refractivity contribution in [1.82, 2.24) is 9.27 Å². The van der Waals surface area contributed by atoms with Gasteiger partial charge in [0.2, 0.25) is 5.91 Å². The highest BCUT2D eigenvalue weighted by Crippen LogP contribution is 2.16. The Bertz CT molecular complexity index is 335. The summed E-state index contributed by atoms with van der Waals surface area (Å²) in [5, 5.41) is 3.69. The highest BCUT2D eigenvalue weighted by molar-refractivity contribution is 7.10. The first-order chi connectivity index (χ1) is 7.04. The van der Waals surface area contributed by atoms with Crippen molar-refractivity contribution in [2.24, 2.45) is 0 Å². The van der Waals surface area contributed by atoms with Crippen molar-refractivity contribution in [1.29, 1.82) is 0 Å². The molecule has 1 amide bonds. The first kappa shape index (κ1) is 12.1. The second-order valence-electron chi connectivity index (χ2n) is 3.71. The number of aromatic nitrogens is 1. The van der Waals surface area contributed by atoms with Crippen LogP contribution in [0, 0.1) is 6.92 Å². The summed E-state index contributed by atoms with van der Waals surface area (Å²) < 4.78 is 4.11. The molecule has 1 heterocycles. The van der Waals surface area contributed by atoms with Gasteiger partial charge in [-0.15, -0.1) is 0 Å². The van der Waals surface area contributed by atoms with Crippen LogP contribution in [-0.2, 0) is 4.79 Å². The molecule has 1 N–H and O–H groups in total. The van der Waals surface area contributed by atoms with Crippen LogP contribution in [0.15, 0.2) is 6.07 Å². The summed E-state index contributed by atoms with van der Waals surface area (Å²) in [6, 6.07) is 1.80. The van der Waals surface area contributed by atoms with Crippen molar-refractivity contribution >= 4 is 22.4 Å². The van der Waals surface area contributed by atoms with Crippen molar-refractivity contribution < 1.29 is 4.79 Å². The van der Waals surface area contributed by atoms with Crippen molar-refractivity contribution in [2.45, 2.75) is 26.3 Å². The molecule has 0 aliphatic rings. The summed E-state index contributed by atoms with van der Waals surface area (Å²) in [6.45, 7) is 3.91. The van der Waals surface area contributed by atoms with Gasteiger partial charge in [-0.25, -0.2) is 0 Å². The number of nitrogens with zero attached hydrogens (tertiary/aromatic N) is 2. The number of hydrogen-bond donors (Lipinski definition) is 1. The molecule has 0 radical (unpaired) electrons. The molecule has 5 heteroatoms. The minimum absolute atomic E-state index is 0.0335. The Kier molecular flexibility index (Phi) is 4.23. The summed E-state index contributed by atoms with van der Waals surface area (Å²) in [7, 11) is 3.82. The monoisotopic (exact) mass is 227 g/mol. The maximum absolute atomic E-state index is 11.8. The molecule has 0 aromatic carbocycles. The smallest absolute Gasteiger partial charge is 0.242 e. The highest BCUT2D eigenvalue weighted by atomic mass is 32.1. The van der Waals surface area contributed by atoms with E-state index in [0.717, 1.165) is 17.1 Å². The van der Waals surface area contributed by atoms with Crippen molar-refractivity contribution in [3.8, 4) is 0 Å². The molecule has 0 spiro atoms. The van der Waals surface area contributed by atoms with Crippen LogP contribution in [-0.4, -0.2) is 35.3 Å². The van der Waals surface area contributed by atoms with Gasteiger partial charge in [-0.05, 0) is 45.0 Å². The van der Waals surface area contributed by atoms with Crippen LogP contribution in [0.2, 0.25) is 0 Å². The van der Waals surface area contributed by atoms with Gasteiger partial charge in [0.05, 0.1) is 11.7 Å². The molecule has 0 saturated heterocycles. The summed E-state index contributed by atoms with van der Waals surface area (Å²) in [5.74, 6) is 0.0335. The van der Waals surface area contributed by atoms with E-state index in [-0.39, 0.29) is 11.9 Å².